The van der Waals surface area contributed by atoms with Gasteiger partial charge in [0.1, 0.15) is 8.07 Å². The van der Waals surface area contributed by atoms with E-state index < -0.39 is 8.07 Å². The minimum Gasteiger partial charge on any atom is -0.248 e. The molecule has 3 heterocycles. The maximum absolute atomic E-state index is 5.42. The maximum Gasteiger partial charge on any atom is 0.159 e. The molecule has 4 heteroatoms. The van der Waals surface area contributed by atoms with Crippen LogP contribution in [0.1, 0.15) is 0 Å². The van der Waals surface area contributed by atoms with Crippen molar-refractivity contribution in [2.75, 3.05) is 0 Å². The Morgan fingerprint density at radius 2 is 0.714 bits per heavy atom. The van der Waals surface area contributed by atoms with Crippen LogP contribution in [0.25, 0.3) is 101 Å². The molecule has 2 aromatic heterocycles. The van der Waals surface area contributed by atoms with Crippen LogP contribution in [0, 0.1) is 0 Å². The van der Waals surface area contributed by atoms with Gasteiger partial charge in [0.05, 0.1) is 17.1 Å². The van der Waals surface area contributed by atoms with E-state index in [0.717, 1.165) is 84.1 Å². The van der Waals surface area contributed by atoms with Crippen LogP contribution in [0.2, 0.25) is 13.1 Å². The van der Waals surface area contributed by atoms with Crippen LogP contribution >= 0.6 is 0 Å². The van der Waals surface area contributed by atoms with Gasteiger partial charge < -0.3 is 0 Å². The van der Waals surface area contributed by atoms with Gasteiger partial charge in [-0.25, -0.2) is 15.0 Å². The number of pyridine rings is 1. The highest BCUT2D eigenvalue weighted by molar-refractivity contribution is 7.03. The molecule has 63 heavy (non-hydrogen) atoms. The highest BCUT2D eigenvalue weighted by atomic mass is 28.3. The van der Waals surface area contributed by atoms with Gasteiger partial charge in [0.15, 0.2) is 5.82 Å². The Hall–Kier alpha value is -7.79. The van der Waals surface area contributed by atoms with Crippen LogP contribution in [0.15, 0.2) is 224 Å². The highest BCUT2D eigenvalue weighted by Crippen LogP contribution is 2.38. The van der Waals surface area contributed by atoms with Gasteiger partial charge in [-0.1, -0.05) is 201 Å². The number of nitrogens with zero attached hydrogens (tertiary/aromatic N) is 3. The Morgan fingerprint density at radius 3 is 1.29 bits per heavy atom. The fourth-order valence-corrected chi connectivity index (χ4v) is 12.1. The van der Waals surface area contributed by atoms with Crippen LogP contribution in [0.5, 0.6) is 0 Å². The van der Waals surface area contributed by atoms with Gasteiger partial charge in [-0.2, -0.15) is 0 Å². The van der Waals surface area contributed by atoms with Gasteiger partial charge in [-0.05, 0) is 91.7 Å². The molecular formula is C59H43N3Si. The summed E-state index contributed by atoms with van der Waals surface area (Å²) in [5, 5.41) is 2.63. The summed E-state index contributed by atoms with van der Waals surface area (Å²) < 4.78 is 0. The molecule has 0 amide bonds. The number of fused-ring (bicyclic) bond motifs is 3. The highest BCUT2D eigenvalue weighted by Gasteiger charge is 2.41. The molecule has 1 aliphatic heterocycles. The SMILES string of the molecule is C[Si]1(C)c2ccccc2-c2c(-c3ccccc3)nc(-c3cccc(-c4cccc(-c5cccc(-c6cccc(-c7cc(-c8ccccc8)cc(-c8ccccc8)n7)c6)c5)c4)c3)nc21. The first-order valence-corrected chi connectivity index (χ1v) is 24.6. The lowest BCUT2D eigenvalue weighted by Crippen LogP contribution is -2.50. The van der Waals surface area contributed by atoms with Crippen LogP contribution in [0.3, 0.4) is 0 Å². The second-order valence-corrected chi connectivity index (χ2v) is 21.1. The fourth-order valence-electron chi connectivity index (χ4n) is 9.16. The average Bonchev–Trinajstić information content (AvgIpc) is 3.60. The Labute approximate surface area is 370 Å². The van der Waals surface area contributed by atoms with Crippen molar-refractivity contribution in [3.05, 3.63) is 224 Å². The average molecular weight is 822 g/mol. The van der Waals surface area contributed by atoms with Crippen LogP contribution < -0.4 is 10.5 Å². The lowest BCUT2D eigenvalue weighted by molar-refractivity contribution is 1.21. The first kappa shape index (κ1) is 38.2. The lowest BCUT2D eigenvalue weighted by Gasteiger charge is -2.19. The second-order valence-electron chi connectivity index (χ2n) is 16.8. The molecule has 0 atom stereocenters. The number of aromatic nitrogens is 3. The first-order valence-electron chi connectivity index (χ1n) is 21.6. The largest absolute Gasteiger partial charge is 0.248 e. The molecular weight excluding hydrogens is 779 g/mol. The van der Waals surface area contributed by atoms with E-state index >= 15 is 0 Å². The van der Waals surface area contributed by atoms with Gasteiger partial charge in [0, 0.05) is 33.1 Å². The van der Waals surface area contributed by atoms with E-state index in [-0.39, 0.29) is 0 Å². The summed E-state index contributed by atoms with van der Waals surface area (Å²) >= 11 is 0. The summed E-state index contributed by atoms with van der Waals surface area (Å²) in [5.74, 6) is 0.771. The van der Waals surface area contributed by atoms with Crippen molar-refractivity contribution in [1.29, 1.82) is 0 Å². The standard InChI is InChI=1S/C59H43N3Si/c1-63(2)55-33-13-12-32-52(55)56-57(42-22-10-5-11-23-42)61-58(62-59(56)63)50-31-17-29-48(37-50)46-27-15-25-44(35-46)43-24-14-26-45(34-43)47-28-16-30-49(36-47)54-39-51(40-18-6-3-7-19-40)38-53(60-54)41-20-8-4-9-21-41/h3-39H,1-2H3. The topological polar surface area (TPSA) is 38.7 Å². The summed E-state index contributed by atoms with van der Waals surface area (Å²) in [6, 6.07) is 80.0. The van der Waals surface area contributed by atoms with E-state index in [1.54, 1.807) is 0 Å². The Bertz CT molecular complexity index is 3250. The molecule has 0 unspecified atom stereocenters. The summed E-state index contributed by atoms with van der Waals surface area (Å²) in [6.45, 7) is 4.83. The molecule has 8 aromatic carbocycles. The second kappa shape index (κ2) is 15.9. The number of benzene rings is 8. The maximum atomic E-state index is 5.42. The monoisotopic (exact) mass is 821 g/mol. The zero-order valence-electron chi connectivity index (χ0n) is 35.2. The van der Waals surface area contributed by atoms with Crippen molar-refractivity contribution in [3.8, 4) is 101 Å². The molecule has 1 aliphatic rings. The molecule has 0 spiro atoms. The molecule has 0 N–H and O–H groups in total. The molecule has 0 bridgehead atoms. The summed E-state index contributed by atoms with van der Waals surface area (Å²) in [5.41, 5.74) is 18.9. The van der Waals surface area contributed by atoms with E-state index in [2.05, 4.69) is 231 Å². The minimum absolute atomic E-state index is 0.771. The number of hydrogen-bond donors (Lipinski definition) is 0. The summed E-state index contributed by atoms with van der Waals surface area (Å²) in [7, 11) is -2.07. The van der Waals surface area contributed by atoms with Gasteiger partial charge >= 0.3 is 0 Å². The first-order chi connectivity index (χ1) is 31.0. The Morgan fingerprint density at radius 1 is 0.302 bits per heavy atom. The van der Waals surface area contributed by atoms with Crippen molar-refractivity contribution in [1.82, 2.24) is 15.0 Å². The van der Waals surface area contributed by atoms with Crippen LogP contribution in [-0.2, 0) is 0 Å². The van der Waals surface area contributed by atoms with E-state index in [9.17, 15) is 0 Å². The molecule has 0 saturated heterocycles. The molecule has 0 aliphatic carbocycles. The van der Waals surface area contributed by atoms with Gasteiger partial charge in [-0.15, -0.1) is 0 Å². The summed E-state index contributed by atoms with van der Waals surface area (Å²) in [4.78, 5) is 16.0. The molecule has 3 nitrogen and oxygen atoms in total. The third-order valence-electron chi connectivity index (χ3n) is 12.4. The molecule has 0 saturated carbocycles. The molecule has 0 fully saturated rings. The van der Waals surface area contributed by atoms with Crippen molar-refractivity contribution >= 4 is 18.6 Å². The van der Waals surface area contributed by atoms with E-state index in [0.29, 0.717) is 0 Å². The number of hydrogen-bond acceptors (Lipinski definition) is 3. The van der Waals surface area contributed by atoms with E-state index in [4.69, 9.17) is 15.0 Å². The molecule has 298 valence electrons. The zero-order chi connectivity index (χ0) is 42.3. The fraction of sp³-hybridized carbons (Fsp3) is 0.0339. The third kappa shape index (κ3) is 7.20. The predicted molar refractivity (Wildman–Crippen MR) is 266 cm³/mol. The van der Waals surface area contributed by atoms with E-state index in [1.807, 2.05) is 6.07 Å². The smallest absolute Gasteiger partial charge is 0.159 e. The molecule has 0 radical (unpaired) electrons. The van der Waals surface area contributed by atoms with Crippen molar-refractivity contribution in [2.24, 2.45) is 0 Å². The Balaban J connectivity index is 0.931. The number of rotatable bonds is 8. The van der Waals surface area contributed by atoms with Crippen molar-refractivity contribution in [3.63, 3.8) is 0 Å². The zero-order valence-corrected chi connectivity index (χ0v) is 36.2. The lowest BCUT2D eigenvalue weighted by atomic mass is 9.94. The summed E-state index contributed by atoms with van der Waals surface area (Å²) in [6.07, 6.45) is 0. The van der Waals surface area contributed by atoms with Crippen molar-refractivity contribution < 1.29 is 0 Å². The Kier molecular flexibility index (Phi) is 9.64. The van der Waals surface area contributed by atoms with Crippen LogP contribution in [-0.4, -0.2) is 23.0 Å². The van der Waals surface area contributed by atoms with Gasteiger partial charge in [-0.3, -0.25) is 0 Å². The van der Waals surface area contributed by atoms with Gasteiger partial charge in [0.2, 0.25) is 0 Å². The van der Waals surface area contributed by atoms with Crippen molar-refractivity contribution in [2.45, 2.75) is 13.1 Å². The van der Waals surface area contributed by atoms with Gasteiger partial charge in [0.25, 0.3) is 0 Å². The van der Waals surface area contributed by atoms with Crippen LogP contribution in [0.4, 0.5) is 0 Å². The molecule has 10 aromatic rings. The normalized spacial score (nSPS) is 12.4. The molecule has 11 rings (SSSR count). The predicted octanol–water partition coefficient (Wildman–Crippen LogP) is 14.0. The quantitative estimate of drug-likeness (QED) is 0.143. The minimum atomic E-state index is -2.07. The third-order valence-corrected chi connectivity index (χ3v) is 15.8. The van der Waals surface area contributed by atoms with E-state index in [1.165, 1.54) is 27.2 Å².